The fraction of sp³-hybridized carbons (Fsp3) is 0.500. The number of methoxy groups -OCH3 is 2. The van der Waals surface area contributed by atoms with E-state index in [1.807, 2.05) is 32.9 Å². The maximum atomic E-state index is 13.0. The number of hydrogen-bond acceptors (Lipinski definition) is 10. The standard InChI is InChI=1S/C28H38N4O6S/c1-6-36-21-17-19(18-22(37-7-2)25(21)38-8-3)27(33)29-11-12-31-13-15-32(16-14-31)28-30-24-23(39-28)10-9-20(34-4)26(24)35-5/h9-10,17-18H,6-8,11-16H2,1-5H3,(H,29,33). The van der Waals surface area contributed by atoms with Crippen molar-refractivity contribution < 1.29 is 28.5 Å². The predicted octanol–water partition coefficient (Wildman–Crippen LogP) is 4.06. The van der Waals surface area contributed by atoms with Gasteiger partial charge in [-0.15, -0.1) is 0 Å². The third-order valence-corrected chi connectivity index (χ3v) is 7.50. The highest BCUT2D eigenvalue weighted by molar-refractivity contribution is 7.22. The van der Waals surface area contributed by atoms with E-state index in [0.717, 1.165) is 48.1 Å². The number of fused-ring (bicyclic) bond motifs is 1. The van der Waals surface area contributed by atoms with Gasteiger partial charge in [-0.2, -0.15) is 0 Å². The fourth-order valence-corrected chi connectivity index (χ4v) is 5.56. The lowest BCUT2D eigenvalue weighted by molar-refractivity contribution is 0.0946. The molecule has 10 nitrogen and oxygen atoms in total. The van der Waals surface area contributed by atoms with E-state index in [1.165, 1.54) is 0 Å². The Morgan fingerprint density at radius 3 is 2.15 bits per heavy atom. The van der Waals surface area contributed by atoms with Crippen molar-refractivity contribution in [2.75, 3.05) is 78.2 Å². The third kappa shape index (κ3) is 6.59. The van der Waals surface area contributed by atoms with Crippen LogP contribution < -0.4 is 33.9 Å². The zero-order chi connectivity index (χ0) is 27.8. The van der Waals surface area contributed by atoms with E-state index in [0.29, 0.717) is 60.7 Å². The Kier molecular flexibility index (Phi) is 9.94. The van der Waals surface area contributed by atoms with E-state index in [-0.39, 0.29) is 5.91 Å². The molecule has 1 fully saturated rings. The van der Waals surface area contributed by atoms with Gasteiger partial charge in [0.05, 0.1) is 38.7 Å². The molecule has 0 radical (unpaired) electrons. The maximum absolute atomic E-state index is 13.0. The lowest BCUT2D eigenvalue weighted by Crippen LogP contribution is -2.48. The van der Waals surface area contributed by atoms with E-state index in [4.69, 9.17) is 28.7 Å². The Morgan fingerprint density at radius 2 is 1.56 bits per heavy atom. The summed E-state index contributed by atoms with van der Waals surface area (Å²) in [7, 11) is 3.27. The summed E-state index contributed by atoms with van der Waals surface area (Å²) in [5, 5.41) is 4.02. The van der Waals surface area contributed by atoms with Gasteiger partial charge < -0.3 is 33.9 Å². The second kappa shape index (κ2) is 13.6. The molecule has 39 heavy (non-hydrogen) atoms. The Balaban J connectivity index is 1.32. The Hall–Kier alpha value is -3.44. The highest BCUT2D eigenvalue weighted by Gasteiger charge is 2.22. The van der Waals surface area contributed by atoms with Crippen LogP contribution in [0.25, 0.3) is 10.2 Å². The summed E-state index contributed by atoms with van der Waals surface area (Å²) in [6.07, 6.45) is 0. The van der Waals surface area contributed by atoms with E-state index in [2.05, 4.69) is 15.1 Å². The summed E-state index contributed by atoms with van der Waals surface area (Å²) in [6.45, 7) is 11.9. The fourth-order valence-electron chi connectivity index (χ4n) is 4.55. The summed E-state index contributed by atoms with van der Waals surface area (Å²) in [5.74, 6) is 2.73. The van der Waals surface area contributed by atoms with Gasteiger partial charge in [0.25, 0.3) is 5.91 Å². The minimum Gasteiger partial charge on any atom is -0.493 e. The first-order valence-corrected chi connectivity index (χ1v) is 14.2. The molecular formula is C28H38N4O6S. The van der Waals surface area contributed by atoms with E-state index >= 15 is 0 Å². The number of aromatic nitrogens is 1. The lowest BCUT2D eigenvalue weighted by atomic mass is 10.1. The molecule has 0 saturated carbocycles. The van der Waals surface area contributed by atoms with Crippen molar-refractivity contribution in [2.24, 2.45) is 0 Å². The van der Waals surface area contributed by atoms with Gasteiger partial charge in [0.15, 0.2) is 28.1 Å². The van der Waals surface area contributed by atoms with Crippen LogP contribution >= 0.6 is 11.3 Å². The molecule has 212 valence electrons. The predicted molar refractivity (Wildman–Crippen MR) is 154 cm³/mol. The largest absolute Gasteiger partial charge is 0.493 e. The van der Waals surface area contributed by atoms with Gasteiger partial charge in [0.1, 0.15) is 5.52 Å². The summed E-state index contributed by atoms with van der Waals surface area (Å²) in [6, 6.07) is 7.37. The van der Waals surface area contributed by atoms with Crippen LogP contribution in [0.3, 0.4) is 0 Å². The number of nitrogens with one attached hydrogen (secondary N) is 1. The van der Waals surface area contributed by atoms with Crippen molar-refractivity contribution in [3.05, 3.63) is 29.8 Å². The number of carbonyl (C=O) groups excluding carboxylic acids is 1. The minimum absolute atomic E-state index is 0.169. The molecule has 0 unspecified atom stereocenters. The van der Waals surface area contributed by atoms with Crippen LogP contribution in [-0.2, 0) is 0 Å². The van der Waals surface area contributed by atoms with Crippen LogP contribution in [0.1, 0.15) is 31.1 Å². The van der Waals surface area contributed by atoms with Gasteiger partial charge in [-0.25, -0.2) is 4.98 Å². The quantitative estimate of drug-likeness (QED) is 0.333. The number of ether oxygens (including phenoxy) is 5. The number of piperazine rings is 1. The number of hydrogen-bond donors (Lipinski definition) is 1. The van der Waals surface area contributed by atoms with Gasteiger partial charge in [-0.1, -0.05) is 11.3 Å². The molecular weight excluding hydrogens is 520 g/mol. The first kappa shape index (κ1) is 28.6. The third-order valence-electron chi connectivity index (χ3n) is 6.42. The molecule has 0 aliphatic carbocycles. The Bertz CT molecular complexity index is 1230. The summed E-state index contributed by atoms with van der Waals surface area (Å²) >= 11 is 1.66. The van der Waals surface area contributed by atoms with Crippen molar-refractivity contribution in [2.45, 2.75) is 20.8 Å². The average Bonchev–Trinajstić information content (AvgIpc) is 3.39. The van der Waals surface area contributed by atoms with Crippen LogP contribution in [-0.4, -0.2) is 89.1 Å². The SMILES string of the molecule is CCOc1cc(C(=O)NCCN2CCN(c3nc4c(OC)c(OC)ccc4s3)CC2)cc(OCC)c1OCC. The number of amides is 1. The maximum Gasteiger partial charge on any atom is 0.251 e. The molecule has 2 aromatic carbocycles. The van der Waals surface area contributed by atoms with Crippen molar-refractivity contribution in [3.63, 3.8) is 0 Å². The average molecular weight is 559 g/mol. The van der Waals surface area contributed by atoms with Crippen LogP contribution in [0.5, 0.6) is 28.7 Å². The number of benzene rings is 2. The molecule has 1 saturated heterocycles. The monoisotopic (exact) mass is 558 g/mol. The molecule has 1 amide bonds. The molecule has 1 aliphatic heterocycles. The van der Waals surface area contributed by atoms with Crippen molar-refractivity contribution in [3.8, 4) is 28.7 Å². The van der Waals surface area contributed by atoms with Crippen molar-refractivity contribution in [1.29, 1.82) is 0 Å². The smallest absolute Gasteiger partial charge is 0.251 e. The Morgan fingerprint density at radius 1 is 0.897 bits per heavy atom. The van der Waals surface area contributed by atoms with Gasteiger partial charge in [-0.3, -0.25) is 9.69 Å². The summed E-state index contributed by atoms with van der Waals surface area (Å²) in [5.41, 5.74) is 1.31. The normalized spacial score (nSPS) is 13.8. The van der Waals surface area contributed by atoms with E-state index in [1.54, 1.807) is 37.7 Å². The Labute approximate surface area is 233 Å². The van der Waals surface area contributed by atoms with Crippen molar-refractivity contribution >= 4 is 32.6 Å². The molecule has 1 aromatic heterocycles. The first-order valence-electron chi connectivity index (χ1n) is 13.4. The van der Waals surface area contributed by atoms with Gasteiger partial charge >= 0.3 is 0 Å². The second-order valence-electron chi connectivity index (χ2n) is 8.83. The highest BCUT2D eigenvalue weighted by Crippen LogP contribution is 2.40. The lowest BCUT2D eigenvalue weighted by Gasteiger charge is -2.34. The summed E-state index contributed by atoms with van der Waals surface area (Å²) < 4.78 is 29.3. The molecule has 11 heteroatoms. The molecule has 0 atom stereocenters. The highest BCUT2D eigenvalue weighted by atomic mass is 32.1. The topological polar surface area (TPSA) is 94.6 Å². The number of carbonyl (C=O) groups is 1. The molecule has 2 heterocycles. The van der Waals surface area contributed by atoms with Crippen LogP contribution in [0.4, 0.5) is 5.13 Å². The van der Waals surface area contributed by atoms with Crippen LogP contribution in [0.15, 0.2) is 24.3 Å². The van der Waals surface area contributed by atoms with Gasteiger partial charge in [0.2, 0.25) is 5.75 Å². The zero-order valence-electron chi connectivity index (χ0n) is 23.4. The van der Waals surface area contributed by atoms with E-state index in [9.17, 15) is 4.79 Å². The molecule has 0 spiro atoms. The zero-order valence-corrected chi connectivity index (χ0v) is 24.2. The number of anilines is 1. The minimum atomic E-state index is -0.169. The number of rotatable bonds is 13. The molecule has 3 aromatic rings. The number of thiazole rings is 1. The first-order chi connectivity index (χ1) is 19.0. The van der Waals surface area contributed by atoms with Gasteiger partial charge in [-0.05, 0) is 45.0 Å². The molecule has 0 bridgehead atoms. The number of nitrogens with zero attached hydrogens (tertiary/aromatic N) is 3. The van der Waals surface area contributed by atoms with E-state index < -0.39 is 0 Å². The van der Waals surface area contributed by atoms with Crippen LogP contribution in [0.2, 0.25) is 0 Å². The van der Waals surface area contributed by atoms with Crippen molar-refractivity contribution in [1.82, 2.24) is 15.2 Å². The van der Waals surface area contributed by atoms with Crippen LogP contribution in [0, 0.1) is 0 Å². The molecule has 4 rings (SSSR count). The summed E-state index contributed by atoms with van der Waals surface area (Å²) in [4.78, 5) is 22.5. The van der Waals surface area contributed by atoms with Gasteiger partial charge in [0, 0.05) is 44.8 Å². The molecule has 1 aliphatic rings. The molecule has 1 N–H and O–H groups in total. The second-order valence-corrected chi connectivity index (χ2v) is 9.84.